The van der Waals surface area contributed by atoms with E-state index in [9.17, 15) is 0 Å². The molecule has 2 aliphatic heterocycles. The van der Waals surface area contributed by atoms with E-state index in [1.54, 1.807) is 0 Å². The highest BCUT2D eigenvalue weighted by atomic mass is 79.9. The van der Waals surface area contributed by atoms with E-state index in [0.717, 1.165) is 0 Å². The van der Waals surface area contributed by atoms with E-state index >= 15 is 0 Å². The van der Waals surface area contributed by atoms with Gasteiger partial charge in [0.15, 0.2) is 0 Å². The Labute approximate surface area is 150 Å². The van der Waals surface area contributed by atoms with Crippen LogP contribution in [0.15, 0.2) is 0 Å². The number of rotatable bonds is 6. The van der Waals surface area contributed by atoms with Gasteiger partial charge in [0.1, 0.15) is 0 Å². The largest absolute Gasteiger partial charge is 1.00 e. The minimum absolute atomic E-state index is 0. The van der Waals surface area contributed by atoms with Crippen LogP contribution in [-0.2, 0) is 0 Å². The molecule has 0 aromatic rings. The molecule has 0 amide bonds. The second-order valence-corrected chi connectivity index (χ2v) is 8.47. The zero-order valence-electron chi connectivity index (χ0n) is 15.3. The number of quaternary nitrogens is 2. The van der Waals surface area contributed by atoms with Crippen molar-refractivity contribution in [1.82, 2.24) is 0 Å². The molecular formula is C19H40BrN2+. The van der Waals surface area contributed by atoms with Crippen molar-refractivity contribution in [2.24, 2.45) is 0 Å². The molecule has 0 unspecified atom stereocenters. The van der Waals surface area contributed by atoms with Crippen molar-refractivity contribution in [3.8, 4) is 0 Å². The van der Waals surface area contributed by atoms with E-state index in [0.29, 0.717) is 0 Å². The first-order valence-corrected chi connectivity index (χ1v) is 9.79. The number of nitrogens with zero attached hydrogens (tertiary/aromatic N) is 2. The lowest BCUT2D eigenvalue weighted by Gasteiger charge is -2.35. The lowest BCUT2D eigenvalue weighted by Crippen LogP contribution is -3.00. The zero-order chi connectivity index (χ0) is 15.0. The smallest absolute Gasteiger partial charge is 0.0784 e. The van der Waals surface area contributed by atoms with Crippen molar-refractivity contribution in [2.45, 2.75) is 70.6 Å². The van der Waals surface area contributed by atoms with Crippen LogP contribution in [0.3, 0.4) is 0 Å². The lowest BCUT2D eigenvalue weighted by molar-refractivity contribution is -0.911. The van der Waals surface area contributed by atoms with Crippen LogP contribution in [0.1, 0.15) is 70.6 Å². The maximum Gasteiger partial charge on any atom is 0.0784 e. The van der Waals surface area contributed by atoms with Gasteiger partial charge in [-0.05, 0) is 70.6 Å². The summed E-state index contributed by atoms with van der Waals surface area (Å²) < 4.78 is 2.73. The Bertz CT molecular complexity index is 249. The summed E-state index contributed by atoms with van der Waals surface area (Å²) in [6.45, 7) is 8.62. The Kier molecular flexibility index (Phi) is 9.57. The summed E-state index contributed by atoms with van der Waals surface area (Å²) in [6.07, 6.45) is 16.1. The Morgan fingerprint density at radius 2 is 0.818 bits per heavy atom. The van der Waals surface area contributed by atoms with E-state index in [1.165, 1.54) is 119 Å². The normalized spacial score (nSPS) is 24.8. The average molecular weight is 376 g/mol. The maximum atomic E-state index is 2.51. The van der Waals surface area contributed by atoms with Crippen LogP contribution in [-0.4, -0.2) is 62.3 Å². The molecule has 0 radical (unpaired) electrons. The Hall–Kier alpha value is 0.400. The Morgan fingerprint density at radius 1 is 0.500 bits per heavy atom. The predicted octanol–water partition coefficient (Wildman–Crippen LogP) is 1.20. The summed E-state index contributed by atoms with van der Waals surface area (Å²) in [5, 5.41) is 0. The average Bonchev–Trinajstić information content (AvgIpc) is 2.80. The molecule has 0 bridgehead atoms. The quantitative estimate of drug-likeness (QED) is 0.483. The van der Waals surface area contributed by atoms with E-state index in [4.69, 9.17) is 0 Å². The first kappa shape index (κ1) is 20.4. The van der Waals surface area contributed by atoms with Crippen molar-refractivity contribution >= 4 is 0 Å². The van der Waals surface area contributed by atoms with Crippen LogP contribution in [0.4, 0.5) is 0 Å². The van der Waals surface area contributed by atoms with Crippen LogP contribution < -0.4 is 17.0 Å². The second-order valence-electron chi connectivity index (χ2n) is 8.47. The third-order valence-electron chi connectivity index (χ3n) is 6.19. The van der Waals surface area contributed by atoms with Crippen LogP contribution in [0.5, 0.6) is 0 Å². The van der Waals surface area contributed by atoms with E-state index < -0.39 is 0 Å². The van der Waals surface area contributed by atoms with Gasteiger partial charge >= 0.3 is 0 Å². The molecule has 0 aromatic heterocycles. The molecular weight excluding hydrogens is 336 g/mol. The Balaban J connectivity index is 0.00000242. The van der Waals surface area contributed by atoms with Gasteiger partial charge in [0, 0.05) is 0 Å². The summed E-state index contributed by atoms with van der Waals surface area (Å²) >= 11 is 0. The van der Waals surface area contributed by atoms with Crippen molar-refractivity contribution in [3.05, 3.63) is 0 Å². The van der Waals surface area contributed by atoms with E-state index in [1.807, 2.05) is 0 Å². The van der Waals surface area contributed by atoms with Gasteiger partial charge in [-0.15, -0.1) is 0 Å². The summed E-state index contributed by atoms with van der Waals surface area (Å²) in [7, 11) is 5.02. The third-order valence-corrected chi connectivity index (χ3v) is 6.19. The maximum absolute atomic E-state index is 2.51. The highest BCUT2D eigenvalue weighted by Gasteiger charge is 2.24. The van der Waals surface area contributed by atoms with Gasteiger partial charge in [-0.1, -0.05) is 0 Å². The first-order chi connectivity index (χ1) is 10.1. The number of halogens is 1. The molecule has 2 fully saturated rings. The van der Waals surface area contributed by atoms with Gasteiger partial charge in [-0.2, -0.15) is 0 Å². The van der Waals surface area contributed by atoms with Crippen LogP contribution >= 0.6 is 0 Å². The summed E-state index contributed by atoms with van der Waals surface area (Å²) in [5.41, 5.74) is 0. The molecule has 0 N–H and O–H groups in total. The van der Waals surface area contributed by atoms with Crippen molar-refractivity contribution < 1.29 is 25.9 Å². The minimum Gasteiger partial charge on any atom is -1.00 e. The highest BCUT2D eigenvalue weighted by Crippen LogP contribution is 2.19. The van der Waals surface area contributed by atoms with E-state index in [2.05, 4.69) is 14.1 Å². The zero-order valence-corrected chi connectivity index (χ0v) is 16.9. The number of unbranched alkanes of at least 4 members (excludes halogenated alkanes) is 2. The highest BCUT2D eigenvalue weighted by molar-refractivity contribution is 4.54. The molecule has 0 aromatic carbocycles. The van der Waals surface area contributed by atoms with Gasteiger partial charge in [0.2, 0.25) is 0 Å². The molecule has 0 aliphatic carbocycles. The topological polar surface area (TPSA) is 0 Å². The second kappa shape index (κ2) is 10.3. The number of hydrogen-bond donors (Lipinski definition) is 0. The summed E-state index contributed by atoms with van der Waals surface area (Å²) in [5.74, 6) is 0. The molecule has 2 saturated heterocycles. The van der Waals surface area contributed by atoms with Gasteiger partial charge in [-0.3, -0.25) is 0 Å². The van der Waals surface area contributed by atoms with Gasteiger partial charge < -0.3 is 25.9 Å². The Morgan fingerprint density at radius 3 is 1.14 bits per heavy atom. The molecule has 2 heterocycles. The summed E-state index contributed by atoms with van der Waals surface area (Å²) in [6, 6.07) is 0. The fourth-order valence-corrected chi connectivity index (χ4v) is 4.52. The van der Waals surface area contributed by atoms with Gasteiger partial charge in [0.25, 0.3) is 0 Å². The fraction of sp³-hybridized carbons (Fsp3) is 1.00. The molecule has 3 heteroatoms. The molecule has 0 saturated carbocycles. The number of likely N-dealkylation sites (tertiary alicyclic amines) is 2. The molecule has 0 atom stereocenters. The lowest BCUT2D eigenvalue weighted by atomic mass is 10.1. The monoisotopic (exact) mass is 375 g/mol. The third kappa shape index (κ3) is 7.31. The molecule has 132 valence electrons. The summed E-state index contributed by atoms with van der Waals surface area (Å²) in [4.78, 5) is 0. The minimum atomic E-state index is 0. The van der Waals surface area contributed by atoms with Crippen molar-refractivity contribution in [3.63, 3.8) is 0 Å². The van der Waals surface area contributed by atoms with E-state index in [-0.39, 0.29) is 17.0 Å². The molecule has 0 spiro atoms. The molecule has 22 heavy (non-hydrogen) atoms. The van der Waals surface area contributed by atoms with Crippen molar-refractivity contribution in [1.29, 1.82) is 0 Å². The number of hydrogen-bond acceptors (Lipinski definition) is 0. The van der Waals surface area contributed by atoms with Gasteiger partial charge in [0.05, 0.1) is 53.4 Å². The van der Waals surface area contributed by atoms with Gasteiger partial charge in [-0.25, -0.2) is 0 Å². The van der Waals surface area contributed by atoms with Crippen LogP contribution in [0.25, 0.3) is 0 Å². The SMILES string of the molecule is C[N+]1(CCCCC[N+]2(C)CCCCCC2)CCCCCC1.[Br-]. The standard InChI is InChI=1S/C19H40N2.BrH/c1-20(14-8-3-4-9-15-20)18-12-7-13-19-21(2)16-10-5-6-11-17-21;/h3-19H2,1-2H3;1H/q+2;/p-1. The predicted molar refractivity (Wildman–Crippen MR) is 92.4 cm³/mol. The molecule has 2 rings (SSSR count). The van der Waals surface area contributed by atoms with Crippen LogP contribution in [0.2, 0.25) is 0 Å². The fourth-order valence-electron chi connectivity index (χ4n) is 4.52. The molecule has 2 aliphatic rings. The van der Waals surface area contributed by atoms with Crippen LogP contribution in [0, 0.1) is 0 Å². The molecule has 2 nitrogen and oxygen atoms in total. The first-order valence-electron chi connectivity index (χ1n) is 9.79. The van der Waals surface area contributed by atoms with Crippen molar-refractivity contribution in [2.75, 3.05) is 53.4 Å².